The molecule has 3 heteroatoms. The average molecular weight is 272 g/mol. The molecule has 1 aromatic heterocycles. The molecule has 0 radical (unpaired) electrons. The third kappa shape index (κ3) is 2.35. The van der Waals surface area contributed by atoms with Crippen LogP contribution in [-0.4, -0.2) is 14.9 Å². The third-order valence-corrected chi connectivity index (χ3v) is 4.98. The number of hydrogen-bond acceptors (Lipinski definition) is 2. The van der Waals surface area contributed by atoms with Gasteiger partial charge in [0, 0.05) is 12.4 Å². The highest BCUT2D eigenvalue weighted by Gasteiger charge is 2.29. The van der Waals surface area contributed by atoms with Crippen LogP contribution in [-0.2, 0) is 7.05 Å². The molecule has 0 amide bonds. The molecule has 108 valence electrons. The van der Waals surface area contributed by atoms with E-state index in [4.69, 9.17) is 0 Å². The maximum Gasteiger partial charge on any atom is 0.101 e. The molecule has 1 atom stereocenters. The van der Waals surface area contributed by atoms with Gasteiger partial charge in [-0.3, -0.25) is 4.68 Å². The normalized spacial score (nSPS) is 24.9. The van der Waals surface area contributed by atoms with Crippen molar-refractivity contribution < 1.29 is 5.11 Å². The first-order chi connectivity index (χ1) is 9.70. The monoisotopic (exact) mass is 272 g/mol. The zero-order valence-electron chi connectivity index (χ0n) is 12.4. The number of para-hydroxylation sites is 1. The van der Waals surface area contributed by atoms with Crippen molar-refractivity contribution >= 4 is 10.9 Å². The molecule has 20 heavy (non-hydrogen) atoms. The Morgan fingerprint density at radius 1 is 1.25 bits per heavy atom. The van der Waals surface area contributed by atoms with Gasteiger partial charge in [0.1, 0.15) is 6.10 Å². The van der Waals surface area contributed by atoms with Crippen molar-refractivity contribution in [1.29, 1.82) is 0 Å². The summed E-state index contributed by atoms with van der Waals surface area (Å²) in [7, 11) is 1.95. The van der Waals surface area contributed by atoms with Crippen molar-refractivity contribution in [2.75, 3.05) is 0 Å². The van der Waals surface area contributed by atoms with Crippen LogP contribution in [0.5, 0.6) is 0 Å². The quantitative estimate of drug-likeness (QED) is 0.922. The summed E-state index contributed by atoms with van der Waals surface area (Å²) >= 11 is 0. The van der Waals surface area contributed by atoms with Crippen LogP contribution in [0.4, 0.5) is 0 Å². The van der Waals surface area contributed by atoms with E-state index in [2.05, 4.69) is 24.2 Å². The number of aliphatic hydroxyl groups excluding tert-OH is 1. The first-order valence-electron chi connectivity index (χ1n) is 7.80. The summed E-state index contributed by atoms with van der Waals surface area (Å²) in [5.41, 5.74) is 1.96. The second kappa shape index (κ2) is 5.57. The van der Waals surface area contributed by atoms with Crippen molar-refractivity contribution in [2.24, 2.45) is 18.9 Å². The molecule has 3 nitrogen and oxygen atoms in total. The van der Waals surface area contributed by atoms with Crippen LogP contribution in [0.15, 0.2) is 24.3 Å². The van der Waals surface area contributed by atoms with Crippen LogP contribution in [0.3, 0.4) is 0 Å². The van der Waals surface area contributed by atoms with Crippen molar-refractivity contribution in [3.63, 3.8) is 0 Å². The molecule has 1 fully saturated rings. The molecular formula is C17H24N2O. The molecule has 1 saturated carbocycles. The van der Waals surface area contributed by atoms with E-state index in [1.165, 1.54) is 19.3 Å². The van der Waals surface area contributed by atoms with Gasteiger partial charge in [0.15, 0.2) is 0 Å². The number of aromatic nitrogens is 2. The summed E-state index contributed by atoms with van der Waals surface area (Å²) in [4.78, 5) is 0. The molecular weight excluding hydrogens is 248 g/mol. The Bertz CT molecular complexity index is 582. The molecule has 0 spiro atoms. The SMILES string of the molecule is CCC1CCC(C(O)c2nn(C)c3ccccc23)CC1. The van der Waals surface area contributed by atoms with Gasteiger partial charge < -0.3 is 5.11 Å². The van der Waals surface area contributed by atoms with Crippen LogP contribution < -0.4 is 0 Å². The Balaban J connectivity index is 1.84. The van der Waals surface area contributed by atoms with Crippen molar-refractivity contribution in [2.45, 2.75) is 45.1 Å². The molecule has 2 aromatic rings. The van der Waals surface area contributed by atoms with Crippen LogP contribution in [0, 0.1) is 11.8 Å². The molecule has 0 bridgehead atoms. The van der Waals surface area contributed by atoms with Gasteiger partial charge in [-0.2, -0.15) is 5.10 Å². The van der Waals surface area contributed by atoms with E-state index >= 15 is 0 Å². The van der Waals surface area contributed by atoms with Gasteiger partial charge in [0.2, 0.25) is 0 Å². The number of aliphatic hydroxyl groups is 1. The van der Waals surface area contributed by atoms with Crippen molar-refractivity contribution in [3.8, 4) is 0 Å². The molecule has 0 aliphatic heterocycles. The topological polar surface area (TPSA) is 38.1 Å². The maximum absolute atomic E-state index is 10.7. The molecule has 1 N–H and O–H groups in total. The van der Waals surface area contributed by atoms with E-state index in [0.717, 1.165) is 35.4 Å². The van der Waals surface area contributed by atoms with E-state index in [0.29, 0.717) is 5.92 Å². The second-order valence-electron chi connectivity index (χ2n) is 6.16. The molecule has 1 unspecified atom stereocenters. The zero-order chi connectivity index (χ0) is 14.1. The van der Waals surface area contributed by atoms with Crippen LogP contribution in [0.2, 0.25) is 0 Å². The summed E-state index contributed by atoms with van der Waals surface area (Å²) in [6.45, 7) is 2.27. The predicted molar refractivity (Wildman–Crippen MR) is 81.4 cm³/mol. The largest absolute Gasteiger partial charge is 0.386 e. The van der Waals surface area contributed by atoms with Gasteiger partial charge in [-0.1, -0.05) is 44.4 Å². The summed E-state index contributed by atoms with van der Waals surface area (Å²) in [6, 6.07) is 8.17. The average Bonchev–Trinajstić information content (AvgIpc) is 2.84. The first-order valence-corrected chi connectivity index (χ1v) is 7.80. The standard InChI is InChI=1S/C17H24N2O/c1-3-12-8-10-13(11-9-12)17(20)16-14-6-4-5-7-15(14)19(2)18-16/h4-7,12-13,17,20H,3,8-11H2,1-2H3. The van der Waals surface area contributed by atoms with E-state index in [1.807, 2.05) is 23.9 Å². The highest BCUT2D eigenvalue weighted by Crippen LogP contribution is 2.39. The van der Waals surface area contributed by atoms with Gasteiger partial charge in [-0.15, -0.1) is 0 Å². The minimum atomic E-state index is -0.418. The fourth-order valence-corrected chi connectivity index (χ4v) is 3.60. The van der Waals surface area contributed by atoms with Crippen LogP contribution >= 0.6 is 0 Å². The fraction of sp³-hybridized carbons (Fsp3) is 0.588. The second-order valence-corrected chi connectivity index (χ2v) is 6.16. The van der Waals surface area contributed by atoms with E-state index < -0.39 is 6.10 Å². The number of nitrogens with zero attached hydrogens (tertiary/aromatic N) is 2. The Hall–Kier alpha value is -1.35. The van der Waals surface area contributed by atoms with Crippen LogP contribution in [0.1, 0.15) is 50.8 Å². The molecule has 1 aliphatic rings. The molecule has 1 heterocycles. The van der Waals surface area contributed by atoms with Gasteiger partial charge in [0.05, 0.1) is 11.2 Å². The number of aryl methyl sites for hydroxylation is 1. The number of rotatable bonds is 3. The van der Waals surface area contributed by atoms with Crippen LogP contribution in [0.25, 0.3) is 10.9 Å². The fourth-order valence-electron chi connectivity index (χ4n) is 3.60. The van der Waals surface area contributed by atoms with Gasteiger partial charge in [-0.25, -0.2) is 0 Å². The number of benzene rings is 1. The molecule has 1 aromatic carbocycles. The van der Waals surface area contributed by atoms with E-state index in [1.54, 1.807) is 0 Å². The van der Waals surface area contributed by atoms with Gasteiger partial charge in [-0.05, 0) is 30.7 Å². The highest BCUT2D eigenvalue weighted by atomic mass is 16.3. The Morgan fingerprint density at radius 2 is 1.95 bits per heavy atom. The predicted octanol–water partition coefficient (Wildman–Crippen LogP) is 3.82. The maximum atomic E-state index is 10.7. The summed E-state index contributed by atoms with van der Waals surface area (Å²) < 4.78 is 1.88. The molecule has 1 aliphatic carbocycles. The summed E-state index contributed by atoms with van der Waals surface area (Å²) in [5.74, 6) is 1.23. The van der Waals surface area contributed by atoms with Gasteiger partial charge >= 0.3 is 0 Å². The lowest BCUT2D eigenvalue weighted by molar-refractivity contribution is 0.0702. The summed E-state index contributed by atoms with van der Waals surface area (Å²) in [6.07, 6.45) is 5.62. The lowest BCUT2D eigenvalue weighted by atomic mass is 9.77. The molecule has 3 rings (SSSR count). The van der Waals surface area contributed by atoms with Crippen molar-refractivity contribution in [3.05, 3.63) is 30.0 Å². The minimum absolute atomic E-state index is 0.371. The smallest absolute Gasteiger partial charge is 0.101 e. The van der Waals surface area contributed by atoms with Crippen molar-refractivity contribution in [1.82, 2.24) is 9.78 Å². The number of fused-ring (bicyclic) bond motifs is 1. The van der Waals surface area contributed by atoms with E-state index in [-0.39, 0.29) is 0 Å². The minimum Gasteiger partial charge on any atom is -0.386 e. The third-order valence-electron chi connectivity index (χ3n) is 4.98. The lowest BCUT2D eigenvalue weighted by Crippen LogP contribution is -2.20. The Morgan fingerprint density at radius 3 is 2.65 bits per heavy atom. The number of hydrogen-bond donors (Lipinski definition) is 1. The summed E-state index contributed by atoms with van der Waals surface area (Å²) in [5, 5.41) is 16.4. The Kier molecular flexibility index (Phi) is 3.79. The first kappa shape index (κ1) is 13.6. The highest BCUT2D eigenvalue weighted by molar-refractivity contribution is 5.82. The Labute approximate surface area is 120 Å². The molecule has 0 saturated heterocycles. The van der Waals surface area contributed by atoms with E-state index in [9.17, 15) is 5.11 Å². The lowest BCUT2D eigenvalue weighted by Gasteiger charge is -2.30. The zero-order valence-corrected chi connectivity index (χ0v) is 12.4. The van der Waals surface area contributed by atoms with Gasteiger partial charge in [0.25, 0.3) is 0 Å².